The van der Waals surface area contributed by atoms with Crippen molar-refractivity contribution in [1.82, 2.24) is 10.2 Å². The molecule has 1 unspecified atom stereocenters. The molecule has 126 valence electrons. The lowest BCUT2D eigenvalue weighted by Crippen LogP contribution is -2.32. The van der Waals surface area contributed by atoms with Gasteiger partial charge in [-0.15, -0.1) is 0 Å². The predicted molar refractivity (Wildman–Crippen MR) is 89.1 cm³/mol. The fourth-order valence-corrected chi connectivity index (χ4v) is 3.04. The number of likely N-dealkylation sites (N-methyl/N-ethyl adjacent to an activating group) is 1. The van der Waals surface area contributed by atoms with Gasteiger partial charge >= 0.3 is 0 Å². The summed E-state index contributed by atoms with van der Waals surface area (Å²) in [4.78, 5) is 14.3. The van der Waals surface area contributed by atoms with Gasteiger partial charge in [0.05, 0.1) is 0 Å². The van der Waals surface area contributed by atoms with Gasteiger partial charge < -0.3 is 19.7 Å². The number of fused-ring (bicyclic) bond motifs is 1. The van der Waals surface area contributed by atoms with E-state index in [9.17, 15) is 4.79 Å². The van der Waals surface area contributed by atoms with E-state index in [1.54, 1.807) is 0 Å². The molecule has 1 amide bonds. The van der Waals surface area contributed by atoms with Gasteiger partial charge in [-0.25, -0.2) is 0 Å². The molecule has 1 aliphatic carbocycles. The molecule has 0 bridgehead atoms. The van der Waals surface area contributed by atoms with E-state index in [1.165, 1.54) is 18.4 Å². The lowest BCUT2D eigenvalue weighted by atomic mass is 9.90. The van der Waals surface area contributed by atoms with E-state index in [0.29, 0.717) is 32.1 Å². The molecule has 1 aliphatic heterocycles. The molecule has 0 saturated heterocycles. The molecule has 0 spiro atoms. The second kappa shape index (κ2) is 7.21. The molecule has 3 rings (SSSR count). The molecule has 0 radical (unpaired) electrons. The van der Waals surface area contributed by atoms with Crippen molar-refractivity contribution in [3.8, 4) is 11.5 Å². The summed E-state index contributed by atoms with van der Waals surface area (Å²) < 4.78 is 11.3. The number of benzene rings is 1. The van der Waals surface area contributed by atoms with E-state index in [-0.39, 0.29) is 11.8 Å². The Bertz CT molecular complexity index is 555. The van der Waals surface area contributed by atoms with Crippen LogP contribution < -0.4 is 14.8 Å². The van der Waals surface area contributed by atoms with Gasteiger partial charge in [0.1, 0.15) is 13.2 Å². The molecule has 23 heavy (non-hydrogen) atoms. The van der Waals surface area contributed by atoms with Crippen molar-refractivity contribution in [2.24, 2.45) is 5.92 Å². The largest absolute Gasteiger partial charge is 0.486 e. The maximum Gasteiger partial charge on any atom is 0.220 e. The number of carbonyl (C=O) groups excluding carboxylic acids is 1. The van der Waals surface area contributed by atoms with Crippen LogP contribution in [-0.2, 0) is 4.79 Å². The van der Waals surface area contributed by atoms with Gasteiger partial charge in [0.2, 0.25) is 5.91 Å². The molecule has 1 aromatic rings. The van der Waals surface area contributed by atoms with E-state index in [1.807, 2.05) is 20.2 Å². The molecule has 1 atom stereocenters. The van der Waals surface area contributed by atoms with Gasteiger partial charge in [-0.05, 0) is 56.5 Å². The van der Waals surface area contributed by atoms with Crippen LogP contribution in [-0.4, -0.2) is 51.2 Å². The molecular weight excluding hydrogens is 292 g/mol. The Morgan fingerprint density at radius 2 is 2.00 bits per heavy atom. The van der Waals surface area contributed by atoms with Crippen LogP contribution in [0, 0.1) is 5.92 Å². The highest BCUT2D eigenvalue weighted by molar-refractivity contribution is 5.77. The average molecular weight is 318 g/mol. The van der Waals surface area contributed by atoms with E-state index in [0.717, 1.165) is 18.0 Å². The van der Waals surface area contributed by atoms with E-state index in [2.05, 4.69) is 22.3 Å². The summed E-state index contributed by atoms with van der Waals surface area (Å²) in [5.74, 6) is 2.67. The summed E-state index contributed by atoms with van der Waals surface area (Å²) in [6.07, 6.45) is 2.98. The van der Waals surface area contributed by atoms with Crippen LogP contribution in [0.15, 0.2) is 18.2 Å². The van der Waals surface area contributed by atoms with E-state index >= 15 is 0 Å². The van der Waals surface area contributed by atoms with Crippen molar-refractivity contribution >= 4 is 5.91 Å². The maximum absolute atomic E-state index is 12.2. The topological polar surface area (TPSA) is 50.8 Å². The fourth-order valence-electron chi connectivity index (χ4n) is 3.04. The summed E-state index contributed by atoms with van der Waals surface area (Å²) in [5, 5.41) is 3.02. The third-order valence-corrected chi connectivity index (χ3v) is 4.47. The van der Waals surface area contributed by atoms with Crippen molar-refractivity contribution in [3.63, 3.8) is 0 Å². The van der Waals surface area contributed by atoms with Crippen LogP contribution in [0.3, 0.4) is 0 Å². The lowest BCUT2D eigenvalue weighted by molar-refractivity contribution is -0.121. The first-order valence-electron chi connectivity index (χ1n) is 8.44. The van der Waals surface area contributed by atoms with E-state index < -0.39 is 0 Å². The number of rotatable bonds is 7. The Kier molecular flexibility index (Phi) is 5.06. The first-order valence-corrected chi connectivity index (χ1v) is 8.44. The second-order valence-electron chi connectivity index (χ2n) is 6.70. The zero-order valence-electron chi connectivity index (χ0n) is 14.0. The van der Waals surface area contributed by atoms with Crippen LogP contribution in [0.25, 0.3) is 0 Å². The standard InChI is InChI=1S/C18H26N2O3/c1-20(2)8-7-19-18(21)12-15(13-3-4-13)14-5-6-16-17(11-14)23-10-9-22-16/h5-6,11,13,15H,3-4,7-10,12H2,1-2H3,(H,19,21). The summed E-state index contributed by atoms with van der Waals surface area (Å²) in [5.41, 5.74) is 1.19. The smallest absolute Gasteiger partial charge is 0.220 e. The minimum atomic E-state index is 0.138. The van der Waals surface area contributed by atoms with Crippen molar-refractivity contribution in [1.29, 1.82) is 0 Å². The first kappa shape index (κ1) is 16.1. The van der Waals surface area contributed by atoms with Crippen molar-refractivity contribution in [2.45, 2.75) is 25.2 Å². The lowest BCUT2D eigenvalue weighted by Gasteiger charge is -2.22. The second-order valence-corrected chi connectivity index (χ2v) is 6.70. The van der Waals surface area contributed by atoms with Crippen molar-refractivity contribution in [3.05, 3.63) is 23.8 Å². The monoisotopic (exact) mass is 318 g/mol. The molecule has 0 aromatic heterocycles. The van der Waals surface area contributed by atoms with Crippen LogP contribution in [0.5, 0.6) is 11.5 Å². The maximum atomic E-state index is 12.2. The molecule has 1 saturated carbocycles. The van der Waals surface area contributed by atoms with Crippen molar-refractivity contribution < 1.29 is 14.3 Å². The first-order chi connectivity index (χ1) is 11.1. The molecule has 1 fully saturated rings. The molecule has 5 nitrogen and oxygen atoms in total. The highest BCUT2D eigenvalue weighted by atomic mass is 16.6. The Morgan fingerprint density at radius 3 is 2.70 bits per heavy atom. The number of ether oxygens (including phenoxy) is 2. The molecule has 2 aliphatic rings. The Balaban J connectivity index is 1.63. The van der Waals surface area contributed by atoms with Crippen LogP contribution in [0.2, 0.25) is 0 Å². The summed E-state index contributed by atoms with van der Waals surface area (Å²) in [7, 11) is 4.02. The predicted octanol–water partition coefficient (Wildman–Crippen LogP) is 2.02. The normalized spacial score (nSPS) is 17.9. The molecule has 1 N–H and O–H groups in total. The third kappa shape index (κ3) is 4.38. The van der Waals surface area contributed by atoms with Crippen LogP contribution in [0.4, 0.5) is 0 Å². The average Bonchev–Trinajstić information content (AvgIpc) is 3.36. The Morgan fingerprint density at radius 1 is 1.26 bits per heavy atom. The molecule has 1 heterocycles. The van der Waals surface area contributed by atoms with Gasteiger partial charge in [0.25, 0.3) is 0 Å². The number of carbonyl (C=O) groups is 1. The molecule has 1 aromatic carbocycles. The summed E-state index contributed by atoms with van der Waals surface area (Å²) >= 11 is 0. The van der Waals surface area contributed by atoms with Gasteiger partial charge in [-0.1, -0.05) is 6.07 Å². The number of hydrogen-bond acceptors (Lipinski definition) is 4. The Hall–Kier alpha value is -1.75. The van der Waals surface area contributed by atoms with E-state index in [4.69, 9.17) is 9.47 Å². The SMILES string of the molecule is CN(C)CCNC(=O)CC(c1ccc2c(c1)OCCO2)C1CC1. The van der Waals surface area contributed by atoms with Gasteiger partial charge in [0, 0.05) is 19.5 Å². The van der Waals surface area contributed by atoms with Gasteiger partial charge in [0.15, 0.2) is 11.5 Å². The van der Waals surface area contributed by atoms with Gasteiger partial charge in [-0.2, -0.15) is 0 Å². The highest BCUT2D eigenvalue weighted by Crippen LogP contribution is 2.46. The van der Waals surface area contributed by atoms with Crippen LogP contribution >= 0.6 is 0 Å². The minimum Gasteiger partial charge on any atom is -0.486 e. The van der Waals surface area contributed by atoms with Crippen LogP contribution in [0.1, 0.15) is 30.7 Å². The quantitative estimate of drug-likeness (QED) is 0.836. The van der Waals surface area contributed by atoms with Gasteiger partial charge in [-0.3, -0.25) is 4.79 Å². The molecule has 5 heteroatoms. The zero-order chi connectivity index (χ0) is 16.2. The summed E-state index contributed by atoms with van der Waals surface area (Å²) in [6.45, 7) is 2.76. The fraction of sp³-hybridized carbons (Fsp3) is 0.611. The number of amides is 1. The number of hydrogen-bond donors (Lipinski definition) is 1. The zero-order valence-corrected chi connectivity index (χ0v) is 14.0. The molecular formula is C18H26N2O3. The third-order valence-electron chi connectivity index (χ3n) is 4.47. The summed E-state index contributed by atoms with van der Waals surface area (Å²) in [6, 6.07) is 6.12. The minimum absolute atomic E-state index is 0.138. The Labute approximate surface area is 137 Å². The van der Waals surface area contributed by atoms with Crippen molar-refractivity contribution in [2.75, 3.05) is 40.4 Å². The number of nitrogens with one attached hydrogen (secondary N) is 1. The highest BCUT2D eigenvalue weighted by Gasteiger charge is 2.34. The number of nitrogens with zero attached hydrogens (tertiary/aromatic N) is 1.